The van der Waals surface area contributed by atoms with E-state index in [9.17, 15) is 43.2 Å². The van der Waals surface area contributed by atoms with Crippen molar-refractivity contribution in [1.29, 1.82) is 0 Å². The minimum atomic E-state index is -5.00. The van der Waals surface area contributed by atoms with E-state index in [1.807, 2.05) is 18.2 Å². The van der Waals surface area contributed by atoms with Crippen molar-refractivity contribution < 1.29 is 80.2 Å². The van der Waals surface area contributed by atoms with Crippen LogP contribution in [0.15, 0.2) is 122 Å². The number of aliphatic hydroxyl groups excluding tert-OH is 1. The lowest BCUT2D eigenvalue weighted by Crippen LogP contribution is -2.30. The smallest absolute Gasteiger partial charge is 0.462 e. The molecule has 0 heterocycles. The number of phosphoric acid groups is 2. The molecule has 0 spiro atoms. The first-order chi connectivity index (χ1) is 48.7. The molecule has 0 aromatic carbocycles. The Bertz CT molecular complexity index is 2370. The van der Waals surface area contributed by atoms with Crippen LogP contribution in [0.5, 0.6) is 0 Å². The van der Waals surface area contributed by atoms with Crippen molar-refractivity contribution in [2.24, 2.45) is 0 Å². The average molecular weight is 1450 g/mol. The molecule has 0 aliphatic heterocycles. The van der Waals surface area contributed by atoms with Gasteiger partial charge >= 0.3 is 39.5 Å². The quantitative estimate of drug-likeness (QED) is 0.0169. The van der Waals surface area contributed by atoms with Crippen LogP contribution >= 0.6 is 15.6 Å². The Kier molecular flexibility index (Phi) is 69.5. The summed E-state index contributed by atoms with van der Waals surface area (Å²) in [6, 6.07) is 0. The van der Waals surface area contributed by atoms with Crippen LogP contribution in [-0.4, -0.2) is 96.7 Å². The van der Waals surface area contributed by atoms with E-state index in [2.05, 4.69) is 125 Å². The highest BCUT2D eigenvalue weighted by Gasteiger charge is 2.30. The van der Waals surface area contributed by atoms with Crippen LogP contribution in [0.4, 0.5) is 0 Å². The van der Waals surface area contributed by atoms with Crippen molar-refractivity contribution in [3.8, 4) is 0 Å². The lowest BCUT2D eigenvalue weighted by molar-refractivity contribution is -0.161. The molecule has 0 bridgehead atoms. The minimum absolute atomic E-state index is 0.0637. The van der Waals surface area contributed by atoms with E-state index in [-0.39, 0.29) is 25.7 Å². The molecular weight excluding hydrogens is 1310 g/mol. The summed E-state index contributed by atoms with van der Waals surface area (Å²) in [5, 5.41) is 10.6. The highest BCUT2D eigenvalue weighted by molar-refractivity contribution is 7.47. The van der Waals surface area contributed by atoms with Crippen molar-refractivity contribution in [1.82, 2.24) is 0 Å². The minimum Gasteiger partial charge on any atom is -0.462 e. The van der Waals surface area contributed by atoms with Gasteiger partial charge in [0, 0.05) is 19.3 Å². The fraction of sp³-hybridized carbons (Fsp3) is 0.704. The van der Waals surface area contributed by atoms with Crippen molar-refractivity contribution in [3.63, 3.8) is 0 Å². The van der Waals surface area contributed by atoms with Crippen LogP contribution in [0.2, 0.25) is 0 Å². The van der Waals surface area contributed by atoms with Gasteiger partial charge in [0.15, 0.2) is 12.2 Å². The third kappa shape index (κ3) is 71.8. The number of esters is 4. The summed E-state index contributed by atoms with van der Waals surface area (Å²) in [6.45, 7) is 4.50. The SMILES string of the molecule is CC/C=C\C/C=C\C/C=C\C/C=C\C/C=C\CC(=O)OCC(COP(=O)(O)OCC(O)COP(=O)(O)OCC(COC(=O)CCCCCCCCC/C=C\C/C=C\C/C=C\CC)OC(=O)CCCCCCC/C=C\CCCCCCCC)OC(=O)CCCCCCC/C=C\CCCCCC. The Morgan fingerprint density at radius 3 is 0.910 bits per heavy atom. The number of aliphatic hydroxyl groups is 1. The number of phosphoric ester groups is 2. The molecule has 5 atom stereocenters. The fourth-order valence-corrected chi connectivity index (χ4v) is 11.6. The van der Waals surface area contributed by atoms with Gasteiger partial charge in [-0.25, -0.2) is 9.13 Å². The lowest BCUT2D eigenvalue weighted by Gasteiger charge is -2.21. The van der Waals surface area contributed by atoms with E-state index in [0.29, 0.717) is 25.7 Å². The molecule has 3 N–H and O–H groups in total. The third-order valence-electron chi connectivity index (χ3n) is 15.9. The summed E-state index contributed by atoms with van der Waals surface area (Å²) in [5.41, 5.74) is 0. The molecule has 0 radical (unpaired) electrons. The van der Waals surface area contributed by atoms with E-state index in [0.717, 1.165) is 167 Å². The number of allylic oxidation sites excluding steroid dienone is 19. The van der Waals surface area contributed by atoms with Gasteiger partial charge < -0.3 is 33.8 Å². The monoisotopic (exact) mass is 1440 g/mol. The third-order valence-corrected chi connectivity index (χ3v) is 17.8. The Labute approximate surface area is 606 Å². The van der Waals surface area contributed by atoms with Gasteiger partial charge in [0.2, 0.25) is 0 Å². The first-order valence-corrected chi connectivity index (χ1v) is 41.8. The zero-order valence-electron chi connectivity index (χ0n) is 62.6. The molecule has 17 nitrogen and oxygen atoms in total. The van der Waals surface area contributed by atoms with Crippen LogP contribution in [0.3, 0.4) is 0 Å². The fourth-order valence-electron chi connectivity index (χ4n) is 10.1. The van der Waals surface area contributed by atoms with Crippen LogP contribution in [0.1, 0.15) is 310 Å². The molecule has 19 heteroatoms. The second kappa shape index (κ2) is 72.8. The number of unbranched alkanes of at least 4 members (excludes halogenated alkanes) is 27. The summed E-state index contributed by atoms with van der Waals surface area (Å²) in [5.74, 6) is -2.35. The molecule has 5 unspecified atom stereocenters. The second-order valence-electron chi connectivity index (χ2n) is 25.5. The zero-order chi connectivity index (χ0) is 73.2. The number of carbonyl (C=O) groups excluding carboxylic acids is 4. The predicted molar refractivity (Wildman–Crippen MR) is 408 cm³/mol. The number of carbonyl (C=O) groups is 4. The molecule has 0 fully saturated rings. The van der Waals surface area contributed by atoms with Crippen LogP contribution in [0.25, 0.3) is 0 Å². The van der Waals surface area contributed by atoms with Gasteiger partial charge in [0.25, 0.3) is 0 Å². The summed E-state index contributed by atoms with van der Waals surface area (Å²) < 4.78 is 68.4. The maximum absolute atomic E-state index is 13.1. The van der Waals surface area contributed by atoms with E-state index in [1.165, 1.54) is 64.2 Å². The molecule has 0 saturated carbocycles. The van der Waals surface area contributed by atoms with Gasteiger partial charge in [-0.3, -0.25) is 37.3 Å². The average Bonchev–Trinajstić information content (AvgIpc) is 0.937. The predicted octanol–water partition coefficient (Wildman–Crippen LogP) is 22.3. The molecule has 0 rings (SSSR count). The maximum Gasteiger partial charge on any atom is 0.472 e. The van der Waals surface area contributed by atoms with Gasteiger partial charge in [-0.2, -0.15) is 0 Å². The molecule has 0 aromatic rings. The van der Waals surface area contributed by atoms with E-state index < -0.39 is 97.5 Å². The summed E-state index contributed by atoms with van der Waals surface area (Å²) >= 11 is 0. The largest absolute Gasteiger partial charge is 0.472 e. The molecule has 0 aliphatic rings. The maximum atomic E-state index is 13.1. The number of hydrogen-bond acceptors (Lipinski definition) is 15. The van der Waals surface area contributed by atoms with E-state index in [4.69, 9.17) is 37.0 Å². The summed E-state index contributed by atoms with van der Waals surface area (Å²) in [4.78, 5) is 72.8. The van der Waals surface area contributed by atoms with Crippen molar-refractivity contribution >= 4 is 39.5 Å². The lowest BCUT2D eigenvalue weighted by atomic mass is 10.1. The highest BCUT2D eigenvalue weighted by Crippen LogP contribution is 2.45. The number of ether oxygens (including phenoxy) is 4. The standard InChI is InChI=1S/C81H138O17P2/c1-5-9-13-17-21-25-29-33-36-37-40-43-46-50-54-58-62-66-79(84)92-72-77(98-81(86)68-64-60-56-52-48-44-39-35-31-27-23-19-15-11-7-3)74-96-100(89,90)94-70-75(82)69-93-99(87,88)95-73-76(97-80(85)67-63-59-55-51-47-41-32-28-24-20-16-12-8-4)71-91-78(83)65-61-57-53-49-45-42-38-34-30-26-22-18-14-10-6-2/h9-10,13-14,21-22,25-26,28,32-36,38-39,45,49,57,61,75-77,82H,5-8,11-12,15-20,23-24,27,29-31,37,40-44,46-48,50-56,58-60,62-74H2,1-4H3,(H,87,88)(H,89,90)/b13-9-,14-10-,25-21-,26-22-,32-28-,36-33-,38-34-,39-35-,49-45-,61-57-. The van der Waals surface area contributed by atoms with Crippen LogP contribution in [-0.2, 0) is 65.4 Å². The first-order valence-electron chi connectivity index (χ1n) is 38.8. The van der Waals surface area contributed by atoms with Crippen LogP contribution in [0, 0.1) is 0 Å². The first kappa shape index (κ1) is 95.5. The zero-order valence-corrected chi connectivity index (χ0v) is 64.4. The van der Waals surface area contributed by atoms with Gasteiger partial charge in [0.1, 0.15) is 19.3 Å². The molecule has 100 heavy (non-hydrogen) atoms. The Hall–Kier alpha value is -4.54. The molecule has 0 aromatic heterocycles. The molecular formula is C81H138O17P2. The van der Waals surface area contributed by atoms with Gasteiger partial charge in [-0.1, -0.05) is 271 Å². The van der Waals surface area contributed by atoms with Gasteiger partial charge in [-0.05, 0) is 135 Å². The normalized spacial score (nSPS) is 14.6. The number of rotatable bonds is 72. The van der Waals surface area contributed by atoms with Gasteiger partial charge in [-0.15, -0.1) is 0 Å². The highest BCUT2D eigenvalue weighted by atomic mass is 31.2. The summed E-state index contributed by atoms with van der Waals surface area (Å²) in [6.07, 6.45) is 79.3. The Morgan fingerprint density at radius 2 is 0.560 bits per heavy atom. The topological polar surface area (TPSA) is 237 Å². The molecule has 0 aliphatic carbocycles. The molecule has 0 saturated heterocycles. The van der Waals surface area contributed by atoms with Crippen LogP contribution < -0.4 is 0 Å². The van der Waals surface area contributed by atoms with E-state index in [1.54, 1.807) is 6.08 Å². The Balaban J connectivity index is 5.42. The summed E-state index contributed by atoms with van der Waals surface area (Å²) in [7, 11) is -9.98. The molecule has 0 amide bonds. The Morgan fingerprint density at radius 1 is 0.300 bits per heavy atom. The van der Waals surface area contributed by atoms with Crippen molar-refractivity contribution in [3.05, 3.63) is 122 Å². The van der Waals surface area contributed by atoms with Crippen molar-refractivity contribution in [2.45, 2.75) is 329 Å². The second-order valence-corrected chi connectivity index (χ2v) is 28.5. The number of hydrogen-bond donors (Lipinski definition) is 3. The van der Waals surface area contributed by atoms with Crippen molar-refractivity contribution in [2.75, 3.05) is 39.6 Å². The van der Waals surface area contributed by atoms with Gasteiger partial charge in [0.05, 0.1) is 32.8 Å². The van der Waals surface area contributed by atoms with E-state index >= 15 is 0 Å². The molecule has 574 valence electrons.